The molecule has 1 heteroatoms. The van der Waals surface area contributed by atoms with Crippen LogP contribution in [0.5, 0.6) is 0 Å². The Hall–Kier alpha value is -0.720. The third-order valence-electron chi connectivity index (χ3n) is 4.83. The van der Waals surface area contributed by atoms with Crippen LogP contribution in [0.2, 0.25) is 0 Å². The number of hydrogen-bond donors (Lipinski definition) is 1. The zero-order valence-corrected chi connectivity index (χ0v) is 13.2. The van der Waals surface area contributed by atoms with E-state index in [0.29, 0.717) is 5.41 Å². The summed E-state index contributed by atoms with van der Waals surface area (Å²) in [6.45, 7) is 13.4. The normalized spacial score (nSPS) is 33.7. The smallest absolute Gasteiger partial charge is 0.0437 e. The van der Waals surface area contributed by atoms with Crippen molar-refractivity contribution in [2.45, 2.75) is 79.2 Å². The third kappa shape index (κ3) is 2.24. The highest BCUT2D eigenvalue weighted by molar-refractivity contribution is 5.46. The average Bonchev–Trinajstić information content (AvgIpc) is 2.62. The Kier molecular flexibility index (Phi) is 5.07. The SMILES string of the molecule is CC.CCCC1(C)C2=CCCC=C2NC1(C)CC. The number of rotatable bonds is 3. The Balaban J connectivity index is 0.000000771. The lowest BCUT2D eigenvalue weighted by molar-refractivity contribution is 0.188. The second kappa shape index (κ2) is 5.95. The van der Waals surface area contributed by atoms with Gasteiger partial charge in [0.2, 0.25) is 0 Å². The van der Waals surface area contributed by atoms with Crippen molar-refractivity contribution in [3.05, 3.63) is 23.4 Å². The van der Waals surface area contributed by atoms with Gasteiger partial charge in [-0.1, -0.05) is 53.2 Å². The molecule has 1 saturated heterocycles. The maximum atomic E-state index is 3.79. The van der Waals surface area contributed by atoms with Crippen molar-refractivity contribution in [2.24, 2.45) is 5.41 Å². The molecule has 1 aliphatic carbocycles. The van der Waals surface area contributed by atoms with Gasteiger partial charge in [-0.15, -0.1) is 0 Å². The van der Waals surface area contributed by atoms with Crippen LogP contribution in [0, 0.1) is 5.41 Å². The first-order valence-electron chi connectivity index (χ1n) is 7.77. The zero-order valence-electron chi connectivity index (χ0n) is 13.2. The van der Waals surface area contributed by atoms with E-state index in [9.17, 15) is 0 Å². The summed E-state index contributed by atoms with van der Waals surface area (Å²) < 4.78 is 0. The molecule has 104 valence electrons. The van der Waals surface area contributed by atoms with Gasteiger partial charge < -0.3 is 5.32 Å². The van der Waals surface area contributed by atoms with Crippen LogP contribution in [0.3, 0.4) is 0 Å². The minimum Gasteiger partial charge on any atom is -0.379 e. The third-order valence-corrected chi connectivity index (χ3v) is 4.83. The number of hydrogen-bond acceptors (Lipinski definition) is 1. The largest absolute Gasteiger partial charge is 0.379 e. The van der Waals surface area contributed by atoms with Crippen molar-refractivity contribution in [3.8, 4) is 0 Å². The molecule has 0 amide bonds. The first kappa shape index (κ1) is 15.3. The average molecular weight is 249 g/mol. The first-order valence-corrected chi connectivity index (χ1v) is 7.77. The molecule has 0 saturated carbocycles. The van der Waals surface area contributed by atoms with Crippen molar-refractivity contribution in [2.75, 3.05) is 0 Å². The lowest BCUT2D eigenvalue weighted by Crippen LogP contribution is -2.47. The minimum absolute atomic E-state index is 0.241. The lowest BCUT2D eigenvalue weighted by atomic mass is 9.65. The maximum absolute atomic E-state index is 3.79. The predicted octanol–water partition coefficient (Wildman–Crippen LogP) is 5.20. The van der Waals surface area contributed by atoms with Gasteiger partial charge in [-0.3, -0.25) is 0 Å². The quantitative estimate of drug-likeness (QED) is 0.725. The van der Waals surface area contributed by atoms with Crippen LogP contribution < -0.4 is 5.32 Å². The standard InChI is InChI=1S/C15H25N.C2H6/c1-5-11-14(3)12-9-7-8-10-13(12)16-15(14,4)6-2;1-2/h9-10,16H,5-8,11H2,1-4H3;1-2H3. The van der Waals surface area contributed by atoms with Gasteiger partial charge in [0, 0.05) is 16.7 Å². The molecular formula is C17H31N. The van der Waals surface area contributed by atoms with Crippen LogP contribution >= 0.6 is 0 Å². The van der Waals surface area contributed by atoms with Gasteiger partial charge in [0.15, 0.2) is 0 Å². The van der Waals surface area contributed by atoms with Crippen molar-refractivity contribution < 1.29 is 0 Å². The van der Waals surface area contributed by atoms with Crippen LogP contribution in [0.15, 0.2) is 23.4 Å². The zero-order chi connectivity index (χ0) is 13.8. The summed E-state index contributed by atoms with van der Waals surface area (Å²) >= 11 is 0. The molecule has 18 heavy (non-hydrogen) atoms. The van der Waals surface area contributed by atoms with E-state index in [-0.39, 0.29) is 5.54 Å². The van der Waals surface area contributed by atoms with Crippen molar-refractivity contribution in [1.82, 2.24) is 5.32 Å². The Morgan fingerprint density at radius 1 is 1.11 bits per heavy atom. The van der Waals surface area contributed by atoms with Crippen molar-refractivity contribution in [3.63, 3.8) is 0 Å². The molecular weight excluding hydrogens is 218 g/mol. The number of fused-ring (bicyclic) bond motifs is 1. The van der Waals surface area contributed by atoms with Gasteiger partial charge in [0.1, 0.15) is 0 Å². The molecule has 2 rings (SSSR count). The van der Waals surface area contributed by atoms with Crippen LogP contribution in [0.4, 0.5) is 0 Å². The van der Waals surface area contributed by atoms with Gasteiger partial charge in [-0.05, 0) is 38.2 Å². The molecule has 1 heterocycles. The van der Waals surface area contributed by atoms with Gasteiger partial charge in [-0.25, -0.2) is 0 Å². The highest BCUT2D eigenvalue weighted by Crippen LogP contribution is 2.53. The fraction of sp³-hybridized carbons (Fsp3) is 0.765. The molecule has 0 bridgehead atoms. The maximum Gasteiger partial charge on any atom is 0.0437 e. The summed E-state index contributed by atoms with van der Waals surface area (Å²) in [5.41, 5.74) is 3.57. The molecule has 1 nitrogen and oxygen atoms in total. The molecule has 0 aromatic rings. The van der Waals surface area contributed by atoms with Crippen LogP contribution in [0.1, 0.15) is 73.6 Å². The van der Waals surface area contributed by atoms with E-state index in [1.807, 2.05) is 13.8 Å². The Morgan fingerprint density at radius 3 is 2.28 bits per heavy atom. The second-order valence-electron chi connectivity index (χ2n) is 5.71. The lowest BCUT2D eigenvalue weighted by Gasteiger charge is -2.40. The molecule has 2 aliphatic rings. The molecule has 0 aromatic heterocycles. The first-order chi connectivity index (χ1) is 8.57. The Bertz CT molecular complexity index is 340. The van der Waals surface area contributed by atoms with Gasteiger partial charge in [0.25, 0.3) is 0 Å². The van der Waals surface area contributed by atoms with E-state index < -0.39 is 0 Å². The highest BCUT2D eigenvalue weighted by atomic mass is 15.1. The fourth-order valence-electron chi connectivity index (χ4n) is 3.44. The minimum atomic E-state index is 0.241. The second-order valence-corrected chi connectivity index (χ2v) is 5.71. The molecule has 2 atom stereocenters. The van der Waals surface area contributed by atoms with E-state index in [0.717, 1.165) is 0 Å². The van der Waals surface area contributed by atoms with Gasteiger partial charge in [-0.2, -0.15) is 0 Å². The van der Waals surface area contributed by atoms with E-state index in [2.05, 4.69) is 45.2 Å². The van der Waals surface area contributed by atoms with E-state index in [1.54, 1.807) is 5.57 Å². The fourth-order valence-corrected chi connectivity index (χ4v) is 3.44. The van der Waals surface area contributed by atoms with Crippen LogP contribution in [-0.4, -0.2) is 5.54 Å². The summed E-state index contributed by atoms with van der Waals surface area (Å²) in [7, 11) is 0. The van der Waals surface area contributed by atoms with Gasteiger partial charge >= 0.3 is 0 Å². The van der Waals surface area contributed by atoms with Gasteiger partial charge in [0.05, 0.1) is 0 Å². The summed E-state index contributed by atoms with van der Waals surface area (Å²) in [4.78, 5) is 0. The van der Waals surface area contributed by atoms with Crippen LogP contribution in [0.25, 0.3) is 0 Å². The summed E-state index contributed by atoms with van der Waals surface area (Å²) in [6, 6.07) is 0. The van der Waals surface area contributed by atoms with E-state index >= 15 is 0 Å². The predicted molar refractivity (Wildman–Crippen MR) is 81.6 cm³/mol. The summed E-state index contributed by atoms with van der Waals surface area (Å²) in [6.07, 6.45) is 11.0. The number of nitrogens with one attached hydrogen (secondary N) is 1. The molecule has 0 spiro atoms. The Labute approximate surface area is 114 Å². The molecule has 1 aliphatic heterocycles. The highest BCUT2D eigenvalue weighted by Gasteiger charge is 2.51. The topological polar surface area (TPSA) is 12.0 Å². The van der Waals surface area contributed by atoms with E-state index in [4.69, 9.17) is 0 Å². The Morgan fingerprint density at radius 2 is 1.72 bits per heavy atom. The molecule has 0 radical (unpaired) electrons. The summed E-state index contributed by atoms with van der Waals surface area (Å²) in [5, 5.41) is 3.79. The van der Waals surface area contributed by atoms with E-state index in [1.165, 1.54) is 37.8 Å². The summed E-state index contributed by atoms with van der Waals surface area (Å²) in [5.74, 6) is 0. The van der Waals surface area contributed by atoms with Crippen LogP contribution in [-0.2, 0) is 0 Å². The molecule has 1 N–H and O–H groups in total. The molecule has 0 aromatic carbocycles. The molecule has 2 unspecified atom stereocenters. The monoisotopic (exact) mass is 249 g/mol. The number of allylic oxidation sites excluding steroid dienone is 3. The van der Waals surface area contributed by atoms with Crippen molar-refractivity contribution in [1.29, 1.82) is 0 Å². The van der Waals surface area contributed by atoms with Crippen molar-refractivity contribution >= 4 is 0 Å². The molecule has 1 fully saturated rings.